The summed E-state index contributed by atoms with van der Waals surface area (Å²) < 4.78 is 13.1. The summed E-state index contributed by atoms with van der Waals surface area (Å²) in [5, 5.41) is 2.55. The zero-order valence-electron chi connectivity index (χ0n) is 15.7. The second-order valence-corrected chi connectivity index (χ2v) is 7.83. The van der Waals surface area contributed by atoms with Gasteiger partial charge in [-0.05, 0) is 34.9 Å². The summed E-state index contributed by atoms with van der Waals surface area (Å²) in [6.45, 7) is 2.32. The summed E-state index contributed by atoms with van der Waals surface area (Å²) >= 11 is 0. The van der Waals surface area contributed by atoms with Crippen molar-refractivity contribution >= 4 is 10.8 Å². The van der Waals surface area contributed by atoms with Crippen molar-refractivity contribution in [2.24, 2.45) is 0 Å². The molecule has 1 unspecified atom stereocenters. The molecule has 0 saturated heterocycles. The molecule has 1 atom stereocenters. The van der Waals surface area contributed by atoms with Gasteiger partial charge in [0.25, 0.3) is 0 Å². The first-order valence-electron chi connectivity index (χ1n) is 9.84. The molecule has 0 saturated carbocycles. The fourth-order valence-corrected chi connectivity index (χ4v) is 5.01. The Kier molecular flexibility index (Phi) is 3.16. The molecule has 0 bridgehead atoms. The largest absolute Gasteiger partial charge is 0.477 e. The van der Waals surface area contributed by atoms with Gasteiger partial charge in [0.2, 0.25) is 0 Å². The van der Waals surface area contributed by atoms with Gasteiger partial charge in [0.1, 0.15) is 17.2 Å². The lowest BCUT2D eigenvalue weighted by molar-refractivity contribution is 0.0651. The van der Waals surface area contributed by atoms with E-state index in [-0.39, 0.29) is 0 Å². The molecule has 2 heterocycles. The number of hydrogen-bond acceptors (Lipinski definition) is 2. The summed E-state index contributed by atoms with van der Waals surface area (Å²) in [6.07, 6.45) is 0.880. The van der Waals surface area contributed by atoms with Crippen LogP contribution < -0.4 is 9.47 Å². The maximum atomic E-state index is 6.91. The molecule has 1 spiro atoms. The molecule has 28 heavy (non-hydrogen) atoms. The highest BCUT2D eigenvalue weighted by molar-refractivity contribution is 5.88. The summed E-state index contributed by atoms with van der Waals surface area (Å²) in [5.74, 6) is 3.10. The van der Waals surface area contributed by atoms with Crippen molar-refractivity contribution in [3.8, 4) is 17.2 Å². The van der Waals surface area contributed by atoms with Crippen molar-refractivity contribution in [1.29, 1.82) is 0 Å². The molecule has 0 radical (unpaired) electrons. The van der Waals surface area contributed by atoms with Crippen LogP contribution in [0.5, 0.6) is 17.2 Å². The van der Waals surface area contributed by atoms with Crippen LogP contribution in [-0.2, 0) is 5.60 Å². The smallest absolute Gasteiger partial charge is 0.167 e. The van der Waals surface area contributed by atoms with Crippen LogP contribution in [0.3, 0.4) is 0 Å². The number of hydrogen-bond donors (Lipinski definition) is 0. The average Bonchev–Trinajstić information content (AvgIpc) is 2.74. The normalized spacial score (nSPS) is 18.5. The number of rotatable bonds is 0. The molecule has 0 aromatic heterocycles. The predicted octanol–water partition coefficient (Wildman–Crippen LogP) is 6.78. The van der Waals surface area contributed by atoms with Crippen molar-refractivity contribution in [3.63, 3.8) is 0 Å². The van der Waals surface area contributed by atoms with Crippen LogP contribution in [0.15, 0.2) is 84.9 Å². The van der Waals surface area contributed by atoms with E-state index in [1.807, 2.05) is 24.3 Å². The number of para-hydroxylation sites is 2. The molecule has 2 aliphatic rings. The van der Waals surface area contributed by atoms with E-state index in [1.165, 1.54) is 16.3 Å². The van der Waals surface area contributed by atoms with E-state index in [4.69, 9.17) is 9.47 Å². The molecule has 4 aromatic carbocycles. The third-order valence-corrected chi connectivity index (χ3v) is 6.17. The maximum Gasteiger partial charge on any atom is 0.167 e. The van der Waals surface area contributed by atoms with Crippen molar-refractivity contribution in [1.82, 2.24) is 0 Å². The summed E-state index contributed by atoms with van der Waals surface area (Å²) in [4.78, 5) is 0. The van der Waals surface area contributed by atoms with E-state index in [2.05, 4.69) is 67.6 Å². The second-order valence-electron chi connectivity index (χ2n) is 7.83. The third kappa shape index (κ3) is 2.03. The molecule has 2 nitrogen and oxygen atoms in total. The molecule has 0 aliphatic carbocycles. The molecule has 0 amide bonds. The minimum absolute atomic E-state index is 0.356. The number of ether oxygens (including phenoxy) is 2. The predicted molar refractivity (Wildman–Crippen MR) is 111 cm³/mol. The SMILES string of the molecule is CC1CC2(Oc3ccc4ccccc4c31)c1ccccc1Oc1ccccc12. The van der Waals surface area contributed by atoms with Gasteiger partial charge in [0, 0.05) is 23.1 Å². The van der Waals surface area contributed by atoms with Gasteiger partial charge < -0.3 is 9.47 Å². The Balaban J connectivity index is 1.63. The molecular weight excluding hydrogens is 344 g/mol. The van der Waals surface area contributed by atoms with E-state index in [1.54, 1.807) is 0 Å². The van der Waals surface area contributed by atoms with Crippen LogP contribution in [-0.4, -0.2) is 0 Å². The van der Waals surface area contributed by atoms with E-state index < -0.39 is 5.60 Å². The van der Waals surface area contributed by atoms with Crippen LogP contribution in [0.25, 0.3) is 10.8 Å². The molecule has 2 aliphatic heterocycles. The van der Waals surface area contributed by atoms with Crippen LogP contribution in [0.4, 0.5) is 0 Å². The average molecular weight is 364 g/mol. The Hall–Kier alpha value is -3.26. The topological polar surface area (TPSA) is 18.5 Å². The molecule has 4 aromatic rings. The van der Waals surface area contributed by atoms with Gasteiger partial charge >= 0.3 is 0 Å². The Morgan fingerprint density at radius 3 is 2.11 bits per heavy atom. The Bertz CT molecular complexity index is 1180. The van der Waals surface area contributed by atoms with Crippen LogP contribution in [0, 0.1) is 0 Å². The van der Waals surface area contributed by atoms with Gasteiger partial charge in [0.05, 0.1) is 0 Å². The Morgan fingerprint density at radius 2 is 1.36 bits per heavy atom. The molecule has 2 heteroatoms. The van der Waals surface area contributed by atoms with Gasteiger partial charge in [-0.15, -0.1) is 0 Å². The fourth-order valence-electron chi connectivity index (χ4n) is 5.01. The lowest BCUT2D eigenvalue weighted by atomic mass is 9.73. The van der Waals surface area contributed by atoms with Crippen molar-refractivity contribution in [2.45, 2.75) is 24.9 Å². The first-order chi connectivity index (χ1) is 13.8. The van der Waals surface area contributed by atoms with Crippen LogP contribution >= 0.6 is 0 Å². The zero-order chi connectivity index (χ0) is 18.7. The maximum absolute atomic E-state index is 6.91. The number of benzene rings is 4. The zero-order valence-corrected chi connectivity index (χ0v) is 15.7. The summed E-state index contributed by atoms with van der Waals surface area (Å²) in [6, 6.07) is 29.4. The molecule has 0 N–H and O–H groups in total. The molecular formula is C26H20O2. The molecule has 6 rings (SSSR count). The quantitative estimate of drug-likeness (QED) is 0.342. The Labute approximate surface area is 164 Å². The lowest BCUT2D eigenvalue weighted by Crippen LogP contribution is -2.41. The first-order valence-corrected chi connectivity index (χ1v) is 9.84. The minimum Gasteiger partial charge on any atom is -0.477 e. The highest BCUT2D eigenvalue weighted by Gasteiger charge is 2.48. The first kappa shape index (κ1) is 15.8. The highest BCUT2D eigenvalue weighted by Crippen LogP contribution is 2.57. The van der Waals surface area contributed by atoms with Gasteiger partial charge in [-0.25, -0.2) is 0 Å². The second kappa shape index (κ2) is 5.62. The minimum atomic E-state index is -0.527. The van der Waals surface area contributed by atoms with E-state index in [0.29, 0.717) is 5.92 Å². The fraction of sp³-hybridized carbons (Fsp3) is 0.154. The molecule has 0 fully saturated rings. The Morgan fingerprint density at radius 1 is 0.714 bits per heavy atom. The standard InChI is InChI=1S/C26H20O2/c1-17-16-26(28-24-15-14-18-8-2-3-9-19(18)25(17)24)20-10-4-6-12-22(20)27-23-13-7-5-11-21(23)26/h2-15,17H,16H2,1H3. The van der Waals surface area contributed by atoms with E-state index in [9.17, 15) is 0 Å². The monoisotopic (exact) mass is 364 g/mol. The highest BCUT2D eigenvalue weighted by atomic mass is 16.5. The van der Waals surface area contributed by atoms with Gasteiger partial charge in [0.15, 0.2) is 5.60 Å². The third-order valence-electron chi connectivity index (χ3n) is 6.17. The van der Waals surface area contributed by atoms with E-state index >= 15 is 0 Å². The van der Waals surface area contributed by atoms with Crippen molar-refractivity contribution in [3.05, 3.63) is 102 Å². The summed E-state index contributed by atoms with van der Waals surface area (Å²) in [7, 11) is 0. The van der Waals surface area contributed by atoms with Crippen molar-refractivity contribution < 1.29 is 9.47 Å². The van der Waals surface area contributed by atoms with Crippen LogP contribution in [0.1, 0.15) is 36.0 Å². The van der Waals surface area contributed by atoms with Gasteiger partial charge in [-0.1, -0.05) is 73.7 Å². The van der Waals surface area contributed by atoms with Crippen molar-refractivity contribution in [2.75, 3.05) is 0 Å². The van der Waals surface area contributed by atoms with Gasteiger partial charge in [-0.3, -0.25) is 0 Å². The lowest BCUT2D eigenvalue weighted by Gasteiger charge is -2.45. The molecule has 136 valence electrons. The van der Waals surface area contributed by atoms with E-state index in [0.717, 1.165) is 34.8 Å². The number of fused-ring (bicyclic) bond motifs is 7. The van der Waals surface area contributed by atoms with Gasteiger partial charge in [-0.2, -0.15) is 0 Å². The summed E-state index contributed by atoms with van der Waals surface area (Å²) in [5.41, 5.74) is 3.00. The van der Waals surface area contributed by atoms with Crippen LogP contribution in [0.2, 0.25) is 0 Å².